The molecule has 2 rings (SSSR count). The van der Waals surface area contributed by atoms with Crippen molar-refractivity contribution < 1.29 is 0 Å². The Balaban J connectivity index is 2.27. The monoisotopic (exact) mass is 265 g/mol. The van der Waals surface area contributed by atoms with E-state index in [4.69, 9.17) is 11.6 Å². The van der Waals surface area contributed by atoms with Crippen LogP contribution in [0, 0.1) is 0 Å². The molecule has 0 N–H and O–H groups in total. The second kappa shape index (κ2) is 5.38. The Labute approximate surface area is 110 Å². The van der Waals surface area contributed by atoms with E-state index in [-0.39, 0.29) is 0 Å². The van der Waals surface area contributed by atoms with E-state index in [1.165, 1.54) is 0 Å². The van der Waals surface area contributed by atoms with E-state index in [2.05, 4.69) is 16.8 Å². The first-order valence-electron chi connectivity index (χ1n) is 5.10. The van der Waals surface area contributed by atoms with Crippen molar-refractivity contribution in [3.05, 3.63) is 47.8 Å². The predicted octanol–water partition coefficient (Wildman–Crippen LogP) is 3.59. The van der Waals surface area contributed by atoms with Crippen LogP contribution < -0.4 is 0 Å². The SMILES string of the molecule is C=C(C)CSc1nncn1-c1cccc(Cl)c1. The first-order valence-corrected chi connectivity index (χ1v) is 6.46. The van der Waals surface area contributed by atoms with Crippen molar-refractivity contribution in [1.82, 2.24) is 14.8 Å². The molecule has 3 nitrogen and oxygen atoms in total. The zero-order valence-electron chi connectivity index (χ0n) is 9.43. The quantitative estimate of drug-likeness (QED) is 0.625. The summed E-state index contributed by atoms with van der Waals surface area (Å²) in [4.78, 5) is 0. The molecule has 0 saturated heterocycles. The minimum atomic E-state index is 0.701. The van der Waals surface area contributed by atoms with Crippen LogP contribution in [0.3, 0.4) is 0 Å². The molecule has 2 aromatic rings. The molecule has 17 heavy (non-hydrogen) atoms. The van der Waals surface area contributed by atoms with E-state index in [1.54, 1.807) is 18.1 Å². The molecule has 1 aromatic heterocycles. The molecule has 0 fully saturated rings. The Morgan fingerprint density at radius 3 is 3.06 bits per heavy atom. The standard InChI is InChI=1S/C12H12ClN3S/c1-9(2)7-17-12-15-14-8-16(12)11-5-3-4-10(13)6-11/h3-6,8H,1,7H2,2H3. The van der Waals surface area contributed by atoms with Crippen LogP contribution in [-0.2, 0) is 0 Å². The van der Waals surface area contributed by atoms with Gasteiger partial charge in [0.15, 0.2) is 5.16 Å². The lowest BCUT2D eigenvalue weighted by Gasteiger charge is -2.06. The van der Waals surface area contributed by atoms with Gasteiger partial charge < -0.3 is 0 Å². The van der Waals surface area contributed by atoms with Crippen LogP contribution >= 0.6 is 23.4 Å². The molecule has 0 radical (unpaired) electrons. The minimum absolute atomic E-state index is 0.701. The summed E-state index contributed by atoms with van der Waals surface area (Å²) in [5.41, 5.74) is 2.07. The Kier molecular flexibility index (Phi) is 3.86. The van der Waals surface area contributed by atoms with Gasteiger partial charge in [0.2, 0.25) is 0 Å². The average Bonchev–Trinajstić information content (AvgIpc) is 2.74. The van der Waals surface area contributed by atoms with Gasteiger partial charge in [-0.3, -0.25) is 4.57 Å². The van der Waals surface area contributed by atoms with E-state index in [9.17, 15) is 0 Å². The van der Waals surface area contributed by atoms with E-state index in [1.807, 2.05) is 35.8 Å². The topological polar surface area (TPSA) is 30.7 Å². The van der Waals surface area contributed by atoms with Gasteiger partial charge in [-0.15, -0.1) is 10.2 Å². The molecule has 1 aromatic carbocycles. The zero-order chi connectivity index (χ0) is 12.3. The molecular formula is C12H12ClN3S. The molecule has 0 aliphatic rings. The third-order valence-electron chi connectivity index (χ3n) is 2.05. The lowest BCUT2D eigenvalue weighted by Crippen LogP contribution is -1.95. The summed E-state index contributed by atoms with van der Waals surface area (Å²) in [5, 5.41) is 9.56. The van der Waals surface area contributed by atoms with Gasteiger partial charge >= 0.3 is 0 Å². The first-order chi connectivity index (χ1) is 8.16. The molecule has 0 unspecified atom stereocenters. The Morgan fingerprint density at radius 2 is 2.35 bits per heavy atom. The summed E-state index contributed by atoms with van der Waals surface area (Å²) in [5.74, 6) is 0.833. The molecule has 0 aliphatic carbocycles. The first kappa shape index (κ1) is 12.2. The highest BCUT2D eigenvalue weighted by Gasteiger charge is 2.07. The smallest absolute Gasteiger partial charge is 0.195 e. The number of rotatable bonds is 4. The van der Waals surface area contributed by atoms with E-state index in [0.29, 0.717) is 5.02 Å². The summed E-state index contributed by atoms with van der Waals surface area (Å²) < 4.78 is 1.92. The molecule has 5 heteroatoms. The van der Waals surface area contributed by atoms with Crippen LogP contribution in [0.25, 0.3) is 5.69 Å². The van der Waals surface area contributed by atoms with Crippen molar-refractivity contribution in [2.45, 2.75) is 12.1 Å². The number of thioether (sulfide) groups is 1. The van der Waals surface area contributed by atoms with Crippen LogP contribution in [0.5, 0.6) is 0 Å². The molecule has 0 spiro atoms. The zero-order valence-corrected chi connectivity index (χ0v) is 11.0. The molecule has 0 amide bonds. The Bertz CT molecular complexity index is 536. The summed E-state index contributed by atoms with van der Waals surface area (Å²) in [6.45, 7) is 5.86. The van der Waals surface area contributed by atoms with Gasteiger partial charge in [0.25, 0.3) is 0 Å². The Hall–Kier alpha value is -1.26. The fourth-order valence-corrected chi connectivity index (χ4v) is 2.27. The summed E-state index contributed by atoms with van der Waals surface area (Å²) in [6, 6.07) is 7.61. The van der Waals surface area contributed by atoms with Crippen LogP contribution in [-0.4, -0.2) is 20.5 Å². The number of hydrogen-bond donors (Lipinski definition) is 0. The van der Waals surface area contributed by atoms with Crippen LogP contribution in [0.1, 0.15) is 6.92 Å². The third-order valence-corrected chi connectivity index (χ3v) is 3.46. The molecular weight excluding hydrogens is 254 g/mol. The van der Waals surface area contributed by atoms with Crippen molar-refractivity contribution in [1.29, 1.82) is 0 Å². The largest absolute Gasteiger partial charge is 0.277 e. The third kappa shape index (κ3) is 3.11. The highest BCUT2D eigenvalue weighted by Crippen LogP contribution is 2.22. The molecule has 0 atom stereocenters. The van der Waals surface area contributed by atoms with Gasteiger partial charge in [0, 0.05) is 10.8 Å². The number of halogens is 1. The van der Waals surface area contributed by atoms with Crippen LogP contribution in [0.15, 0.2) is 47.9 Å². The summed E-state index contributed by atoms with van der Waals surface area (Å²) in [7, 11) is 0. The lowest BCUT2D eigenvalue weighted by atomic mass is 10.3. The van der Waals surface area contributed by atoms with Crippen LogP contribution in [0.4, 0.5) is 0 Å². The number of aromatic nitrogens is 3. The van der Waals surface area contributed by atoms with E-state index in [0.717, 1.165) is 22.2 Å². The molecule has 0 saturated carbocycles. The molecule has 1 heterocycles. The average molecular weight is 266 g/mol. The summed E-state index contributed by atoms with van der Waals surface area (Å²) in [6.07, 6.45) is 1.69. The summed E-state index contributed by atoms with van der Waals surface area (Å²) >= 11 is 7.58. The van der Waals surface area contributed by atoms with Gasteiger partial charge in [0.05, 0.1) is 5.69 Å². The van der Waals surface area contributed by atoms with Crippen molar-refractivity contribution in [3.8, 4) is 5.69 Å². The fraction of sp³-hybridized carbons (Fsp3) is 0.167. The van der Waals surface area contributed by atoms with Gasteiger partial charge in [-0.1, -0.05) is 41.6 Å². The second-order valence-corrected chi connectivity index (χ2v) is 5.09. The van der Waals surface area contributed by atoms with E-state index >= 15 is 0 Å². The maximum atomic E-state index is 5.97. The number of hydrogen-bond acceptors (Lipinski definition) is 3. The Morgan fingerprint density at radius 1 is 1.53 bits per heavy atom. The van der Waals surface area contributed by atoms with Crippen molar-refractivity contribution in [3.63, 3.8) is 0 Å². The number of nitrogens with zero attached hydrogens (tertiary/aromatic N) is 3. The molecule has 88 valence electrons. The van der Waals surface area contributed by atoms with Gasteiger partial charge in [-0.05, 0) is 25.1 Å². The van der Waals surface area contributed by atoms with Crippen molar-refractivity contribution >= 4 is 23.4 Å². The second-order valence-electron chi connectivity index (χ2n) is 3.71. The van der Waals surface area contributed by atoms with Gasteiger partial charge in [-0.25, -0.2) is 0 Å². The number of benzene rings is 1. The van der Waals surface area contributed by atoms with Crippen molar-refractivity contribution in [2.24, 2.45) is 0 Å². The van der Waals surface area contributed by atoms with Gasteiger partial charge in [0.1, 0.15) is 6.33 Å². The molecule has 0 aliphatic heterocycles. The molecule has 0 bridgehead atoms. The van der Waals surface area contributed by atoms with Crippen molar-refractivity contribution in [2.75, 3.05) is 5.75 Å². The van der Waals surface area contributed by atoms with Crippen LogP contribution in [0.2, 0.25) is 5.02 Å². The lowest BCUT2D eigenvalue weighted by molar-refractivity contribution is 0.885. The maximum Gasteiger partial charge on any atom is 0.195 e. The highest BCUT2D eigenvalue weighted by atomic mass is 35.5. The minimum Gasteiger partial charge on any atom is -0.277 e. The highest BCUT2D eigenvalue weighted by molar-refractivity contribution is 7.99. The van der Waals surface area contributed by atoms with Gasteiger partial charge in [-0.2, -0.15) is 0 Å². The predicted molar refractivity (Wildman–Crippen MR) is 71.9 cm³/mol. The maximum absolute atomic E-state index is 5.97. The normalized spacial score (nSPS) is 10.5. The van der Waals surface area contributed by atoms with E-state index < -0.39 is 0 Å². The fourth-order valence-electron chi connectivity index (χ4n) is 1.31.